The van der Waals surface area contributed by atoms with E-state index in [1.807, 2.05) is 32.3 Å². The number of anilines is 1. The molecule has 0 aromatic carbocycles. The van der Waals surface area contributed by atoms with Crippen LogP contribution in [0, 0.1) is 5.92 Å². The number of amides is 1. The van der Waals surface area contributed by atoms with Crippen LogP contribution in [-0.4, -0.2) is 61.1 Å². The van der Waals surface area contributed by atoms with Gasteiger partial charge in [-0.05, 0) is 44.4 Å². The first kappa shape index (κ1) is 22.1. The Bertz CT molecular complexity index is 1140. The molecule has 4 heterocycles. The van der Waals surface area contributed by atoms with E-state index in [9.17, 15) is 4.79 Å². The minimum atomic E-state index is -0.523. The van der Waals surface area contributed by atoms with Crippen molar-refractivity contribution in [3.63, 3.8) is 0 Å². The quantitative estimate of drug-likeness (QED) is 0.565. The van der Waals surface area contributed by atoms with Crippen LogP contribution >= 0.6 is 11.6 Å². The second-order valence-corrected chi connectivity index (χ2v) is 9.04. The Morgan fingerprint density at radius 2 is 2.16 bits per heavy atom. The average molecular weight is 464 g/mol. The lowest BCUT2D eigenvalue weighted by Crippen LogP contribution is -2.35. The second-order valence-electron chi connectivity index (χ2n) is 8.68. The molecule has 0 spiro atoms. The molecule has 1 unspecified atom stereocenters. The molecule has 1 amide bonds. The molecule has 1 aliphatic heterocycles. The molecule has 11 nitrogen and oxygen atoms in total. The summed E-state index contributed by atoms with van der Waals surface area (Å²) in [4.78, 5) is 22.8. The highest BCUT2D eigenvalue weighted by atomic mass is 35.5. The number of rotatable bonds is 5. The van der Waals surface area contributed by atoms with Gasteiger partial charge in [-0.3, -0.25) is 0 Å². The van der Waals surface area contributed by atoms with Crippen molar-refractivity contribution in [3.8, 4) is 17.3 Å². The summed E-state index contributed by atoms with van der Waals surface area (Å²) < 4.78 is 18.2. The van der Waals surface area contributed by atoms with Crippen molar-refractivity contribution in [2.45, 2.75) is 46.3 Å². The Morgan fingerprint density at radius 3 is 2.81 bits per heavy atom. The minimum Gasteiger partial charge on any atom is -0.489 e. The fraction of sp³-hybridized carbons (Fsp3) is 0.550. The third-order valence-corrected chi connectivity index (χ3v) is 5.42. The van der Waals surface area contributed by atoms with Gasteiger partial charge in [-0.1, -0.05) is 11.6 Å². The number of pyridine rings is 1. The van der Waals surface area contributed by atoms with Gasteiger partial charge in [0.25, 0.3) is 0 Å². The van der Waals surface area contributed by atoms with Gasteiger partial charge in [-0.2, -0.15) is 0 Å². The number of nitrogens with two attached hydrogens (primary N) is 1. The van der Waals surface area contributed by atoms with Crippen LogP contribution < -0.4 is 10.5 Å². The van der Waals surface area contributed by atoms with Crippen LogP contribution in [0.5, 0.6) is 5.75 Å². The molecule has 1 saturated heterocycles. The lowest BCUT2D eigenvalue weighted by Gasteiger charge is -2.24. The van der Waals surface area contributed by atoms with Gasteiger partial charge in [0, 0.05) is 25.6 Å². The number of nitrogen functional groups attached to an aromatic ring is 1. The maximum atomic E-state index is 12.3. The topological polar surface area (TPSA) is 134 Å². The van der Waals surface area contributed by atoms with Crippen molar-refractivity contribution >= 4 is 34.5 Å². The molecule has 0 bridgehead atoms. The monoisotopic (exact) mass is 463 g/mol. The fourth-order valence-corrected chi connectivity index (χ4v) is 3.88. The van der Waals surface area contributed by atoms with Crippen LogP contribution in [-0.2, 0) is 11.3 Å². The van der Waals surface area contributed by atoms with Crippen molar-refractivity contribution in [3.05, 3.63) is 11.3 Å². The lowest BCUT2D eigenvalue weighted by molar-refractivity contribution is 0.0285. The van der Waals surface area contributed by atoms with Crippen LogP contribution in [0.15, 0.2) is 10.8 Å². The third kappa shape index (κ3) is 4.29. The first-order valence-electron chi connectivity index (χ1n) is 10.4. The van der Waals surface area contributed by atoms with E-state index in [1.54, 1.807) is 11.1 Å². The minimum absolute atomic E-state index is 0.134. The van der Waals surface area contributed by atoms with Gasteiger partial charge in [0.1, 0.15) is 16.6 Å². The lowest BCUT2D eigenvalue weighted by atomic mass is 10.1. The summed E-state index contributed by atoms with van der Waals surface area (Å²) in [5.41, 5.74) is 6.84. The molecular weight excluding hydrogens is 438 g/mol. The maximum Gasteiger partial charge on any atom is 0.410 e. The average Bonchev–Trinajstić information content (AvgIpc) is 3.44. The summed E-state index contributed by atoms with van der Waals surface area (Å²) in [5.74, 6) is 1.31. The molecule has 1 atom stereocenters. The molecule has 0 aliphatic carbocycles. The van der Waals surface area contributed by atoms with Crippen LogP contribution in [0.25, 0.3) is 22.6 Å². The van der Waals surface area contributed by atoms with E-state index in [4.69, 9.17) is 31.4 Å². The SMILES string of the molecule is CCn1c(-c2nonc2N)nc2c(Cl)ncc(OCC3CCN(C(=O)OC(C)(C)C)C3)c21. The molecule has 2 N–H and O–H groups in total. The van der Waals surface area contributed by atoms with Crippen molar-refractivity contribution < 1.29 is 18.9 Å². The van der Waals surface area contributed by atoms with E-state index in [1.165, 1.54) is 0 Å². The van der Waals surface area contributed by atoms with Crippen LogP contribution in [0.4, 0.5) is 10.6 Å². The Morgan fingerprint density at radius 1 is 1.38 bits per heavy atom. The molecule has 0 saturated carbocycles. The Hall–Kier alpha value is -3.08. The molecular formula is C20H26ClN7O4. The number of aryl methyl sites for hydroxylation is 1. The van der Waals surface area contributed by atoms with Gasteiger partial charge in [-0.25, -0.2) is 19.4 Å². The van der Waals surface area contributed by atoms with Gasteiger partial charge < -0.3 is 24.7 Å². The summed E-state index contributed by atoms with van der Waals surface area (Å²) in [5, 5.41) is 7.74. The van der Waals surface area contributed by atoms with E-state index in [0.717, 1.165) is 6.42 Å². The number of hydrogen-bond donors (Lipinski definition) is 1. The zero-order chi connectivity index (χ0) is 23.0. The van der Waals surface area contributed by atoms with E-state index in [-0.39, 0.29) is 23.0 Å². The van der Waals surface area contributed by atoms with Gasteiger partial charge >= 0.3 is 6.09 Å². The van der Waals surface area contributed by atoms with Crippen LogP contribution in [0.2, 0.25) is 5.15 Å². The summed E-state index contributed by atoms with van der Waals surface area (Å²) in [6.07, 6.45) is 2.10. The predicted octanol–water partition coefficient (Wildman–Crippen LogP) is 3.37. The van der Waals surface area contributed by atoms with Crippen molar-refractivity contribution in [2.24, 2.45) is 5.92 Å². The summed E-state index contributed by atoms with van der Waals surface area (Å²) in [7, 11) is 0. The number of fused-ring (bicyclic) bond motifs is 1. The number of likely N-dealkylation sites (tertiary alicyclic amines) is 1. The molecule has 32 heavy (non-hydrogen) atoms. The summed E-state index contributed by atoms with van der Waals surface area (Å²) >= 11 is 6.32. The highest BCUT2D eigenvalue weighted by Crippen LogP contribution is 2.35. The standard InChI is InChI=1S/C20H26ClN7O4/c1-5-28-15-12(30-10-11-6-7-27(9-11)19(29)31-20(2,3)4)8-23-16(21)13(15)24-18(28)14-17(22)26-32-25-14/h8,11H,5-7,9-10H2,1-4H3,(H2,22,26). The number of carbonyl (C=O) groups is 1. The van der Waals surface area contributed by atoms with Crippen molar-refractivity contribution in [1.29, 1.82) is 0 Å². The molecule has 172 valence electrons. The number of nitrogens with zero attached hydrogens (tertiary/aromatic N) is 6. The Balaban J connectivity index is 1.54. The smallest absolute Gasteiger partial charge is 0.410 e. The first-order valence-corrected chi connectivity index (χ1v) is 10.8. The fourth-order valence-electron chi connectivity index (χ4n) is 3.70. The number of halogens is 1. The van der Waals surface area contributed by atoms with Gasteiger partial charge in [0.15, 0.2) is 28.2 Å². The van der Waals surface area contributed by atoms with Crippen molar-refractivity contribution in [1.82, 2.24) is 29.7 Å². The van der Waals surface area contributed by atoms with Gasteiger partial charge in [0.05, 0.1) is 12.8 Å². The number of imidazole rings is 1. The molecule has 3 aromatic rings. The Kier molecular flexibility index (Phi) is 5.85. The van der Waals surface area contributed by atoms with Crippen LogP contribution in [0.3, 0.4) is 0 Å². The maximum absolute atomic E-state index is 12.3. The van der Waals surface area contributed by atoms with Crippen molar-refractivity contribution in [2.75, 3.05) is 25.4 Å². The molecule has 12 heteroatoms. The van der Waals surface area contributed by atoms with E-state index in [2.05, 4.69) is 20.3 Å². The van der Waals surface area contributed by atoms with E-state index < -0.39 is 5.60 Å². The second kappa shape index (κ2) is 8.45. The number of ether oxygens (including phenoxy) is 2. The molecule has 1 fully saturated rings. The summed E-state index contributed by atoms with van der Waals surface area (Å²) in [6.45, 7) is 9.70. The number of carbonyl (C=O) groups excluding carboxylic acids is 1. The number of aromatic nitrogens is 5. The van der Waals surface area contributed by atoms with Gasteiger partial charge in [0.2, 0.25) is 0 Å². The predicted molar refractivity (Wildman–Crippen MR) is 117 cm³/mol. The van der Waals surface area contributed by atoms with Crippen LogP contribution in [0.1, 0.15) is 34.1 Å². The molecule has 3 aromatic heterocycles. The van der Waals surface area contributed by atoms with Gasteiger partial charge in [-0.15, -0.1) is 0 Å². The molecule has 4 rings (SSSR count). The zero-order valence-electron chi connectivity index (χ0n) is 18.5. The summed E-state index contributed by atoms with van der Waals surface area (Å²) in [6, 6.07) is 0. The third-order valence-electron chi connectivity index (χ3n) is 5.15. The van der Waals surface area contributed by atoms with E-state index in [0.29, 0.717) is 54.5 Å². The zero-order valence-corrected chi connectivity index (χ0v) is 19.2. The molecule has 1 aliphatic rings. The largest absolute Gasteiger partial charge is 0.489 e. The molecule has 0 radical (unpaired) electrons. The number of hydrogen-bond acceptors (Lipinski definition) is 9. The van der Waals surface area contributed by atoms with E-state index >= 15 is 0 Å². The first-order chi connectivity index (χ1) is 15.2. The normalized spacial score (nSPS) is 16.7. The highest BCUT2D eigenvalue weighted by molar-refractivity contribution is 6.34. The Labute approximate surface area is 189 Å². The highest BCUT2D eigenvalue weighted by Gasteiger charge is 2.30.